The van der Waals surface area contributed by atoms with E-state index in [-0.39, 0.29) is 12.2 Å². The second kappa shape index (κ2) is 8.17. The number of hydrogen-bond acceptors (Lipinski definition) is 7. The standard InChI is InChI=1S/C20H21N5O4/c1-11-17(12(2)25-20(23-11)21-10-22-25)9-18(27)29-14(4)19(28)24-16-7-5-15(6-8-16)13(3)26/h5-8,10,14H,9H2,1-4H3,(H,24,28)/t14-/m1/s1. The molecule has 0 bridgehead atoms. The topological polar surface area (TPSA) is 116 Å². The molecule has 3 rings (SSSR count). The lowest BCUT2D eigenvalue weighted by molar-refractivity contribution is -0.152. The molecule has 0 aliphatic heterocycles. The normalized spacial score (nSPS) is 11.9. The number of anilines is 1. The molecule has 1 aromatic carbocycles. The number of carbonyl (C=O) groups excluding carboxylic acids is 3. The molecule has 2 aromatic heterocycles. The third kappa shape index (κ3) is 4.45. The van der Waals surface area contributed by atoms with Crippen molar-refractivity contribution >= 4 is 29.1 Å². The summed E-state index contributed by atoms with van der Waals surface area (Å²) in [5.41, 5.74) is 3.13. The second-order valence-electron chi connectivity index (χ2n) is 6.66. The summed E-state index contributed by atoms with van der Waals surface area (Å²) in [5.74, 6) is -0.616. The van der Waals surface area contributed by atoms with Crippen molar-refractivity contribution in [3.63, 3.8) is 0 Å². The van der Waals surface area contributed by atoms with Crippen LogP contribution in [0.4, 0.5) is 5.69 Å². The van der Waals surface area contributed by atoms with Crippen LogP contribution in [0.3, 0.4) is 0 Å². The summed E-state index contributed by atoms with van der Waals surface area (Å²) in [6.45, 7) is 6.56. The first-order valence-electron chi connectivity index (χ1n) is 9.03. The molecule has 1 amide bonds. The molecule has 150 valence electrons. The number of aryl methyl sites for hydroxylation is 2. The summed E-state index contributed by atoms with van der Waals surface area (Å²) in [5, 5.41) is 6.74. The molecule has 0 radical (unpaired) electrons. The van der Waals surface area contributed by atoms with Crippen LogP contribution in [0.15, 0.2) is 30.6 Å². The minimum atomic E-state index is -0.987. The smallest absolute Gasteiger partial charge is 0.311 e. The van der Waals surface area contributed by atoms with Gasteiger partial charge in [-0.2, -0.15) is 10.1 Å². The van der Waals surface area contributed by atoms with Crippen molar-refractivity contribution in [2.24, 2.45) is 0 Å². The monoisotopic (exact) mass is 395 g/mol. The molecule has 1 atom stereocenters. The van der Waals surface area contributed by atoms with Crippen molar-refractivity contribution in [3.8, 4) is 0 Å². The molecule has 3 aromatic rings. The Morgan fingerprint density at radius 3 is 2.52 bits per heavy atom. The van der Waals surface area contributed by atoms with Crippen molar-refractivity contribution < 1.29 is 19.1 Å². The van der Waals surface area contributed by atoms with Gasteiger partial charge >= 0.3 is 5.97 Å². The molecule has 9 heteroatoms. The predicted molar refractivity (Wildman–Crippen MR) is 105 cm³/mol. The van der Waals surface area contributed by atoms with Gasteiger partial charge in [0.25, 0.3) is 11.7 Å². The zero-order valence-corrected chi connectivity index (χ0v) is 16.6. The van der Waals surface area contributed by atoms with Gasteiger partial charge in [0, 0.05) is 28.2 Å². The maximum atomic E-state index is 12.4. The van der Waals surface area contributed by atoms with Gasteiger partial charge in [0.2, 0.25) is 0 Å². The molecule has 0 aliphatic rings. The largest absolute Gasteiger partial charge is 0.452 e. The number of carbonyl (C=O) groups is 3. The second-order valence-corrected chi connectivity index (χ2v) is 6.66. The lowest BCUT2D eigenvalue weighted by Crippen LogP contribution is -2.30. The van der Waals surface area contributed by atoms with Crippen LogP contribution in [0.2, 0.25) is 0 Å². The van der Waals surface area contributed by atoms with Gasteiger partial charge in [-0.25, -0.2) is 9.50 Å². The molecular weight excluding hydrogens is 374 g/mol. The number of fused-ring (bicyclic) bond motifs is 1. The van der Waals surface area contributed by atoms with Gasteiger partial charge in [0.05, 0.1) is 6.42 Å². The van der Waals surface area contributed by atoms with Gasteiger partial charge in [0.15, 0.2) is 11.9 Å². The van der Waals surface area contributed by atoms with Crippen molar-refractivity contribution in [2.75, 3.05) is 5.32 Å². The molecule has 0 saturated carbocycles. The Bertz CT molecular complexity index is 1090. The van der Waals surface area contributed by atoms with Crippen LogP contribution in [0.25, 0.3) is 5.78 Å². The third-order valence-corrected chi connectivity index (χ3v) is 4.55. The number of aromatic nitrogens is 4. The summed E-state index contributed by atoms with van der Waals surface area (Å²) >= 11 is 0. The molecule has 0 spiro atoms. The van der Waals surface area contributed by atoms with Crippen LogP contribution in [0.5, 0.6) is 0 Å². The van der Waals surface area contributed by atoms with Crippen molar-refractivity contribution in [1.29, 1.82) is 0 Å². The number of ketones is 1. The minimum absolute atomic E-state index is 0.0363. The number of ether oxygens (including phenoxy) is 1. The highest BCUT2D eigenvalue weighted by molar-refractivity contribution is 5.97. The quantitative estimate of drug-likeness (QED) is 0.502. The maximum Gasteiger partial charge on any atom is 0.311 e. The predicted octanol–water partition coefficient (Wildman–Crippen LogP) is 2.06. The van der Waals surface area contributed by atoms with Gasteiger partial charge in [-0.1, -0.05) is 0 Å². The van der Waals surface area contributed by atoms with Gasteiger partial charge in [-0.3, -0.25) is 14.4 Å². The molecule has 2 heterocycles. The number of benzene rings is 1. The number of esters is 1. The van der Waals surface area contributed by atoms with Gasteiger partial charge in [-0.05, 0) is 52.0 Å². The van der Waals surface area contributed by atoms with Crippen LogP contribution in [0, 0.1) is 13.8 Å². The fourth-order valence-electron chi connectivity index (χ4n) is 2.88. The first-order chi connectivity index (χ1) is 13.8. The number of nitrogens with zero attached hydrogens (tertiary/aromatic N) is 4. The third-order valence-electron chi connectivity index (χ3n) is 4.55. The number of Topliss-reactive ketones (excluding diaryl/α,β-unsaturated/α-hetero) is 1. The maximum absolute atomic E-state index is 12.4. The zero-order valence-electron chi connectivity index (χ0n) is 16.6. The zero-order chi connectivity index (χ0) is 21.1. The number of amides is 1. The SMILES string of the molecule is CC(=O)c1ccc(NC(=O)[C@@H](C)OC(=O)Cc2c(C)nc3ncnn3c2C)cc1. The fourth-order valence-corrected chi connectivity index (χ4v) is 2.88. The Morgan fingerprint density at radius 1 is 1.17 bits per heavy atom. The van der Waals surface area contributed by atoms with E-state index in [2.05, 4.69) is 20.4 Å². The average molecular weight is 395 g/mol. The summed E-state index contributed by atoms with van der Waals surface area (Å²) in [4.78, 5) is 44.3. The van der Waals surface area contributed by atoms with E-state index in [4.69, 9.17) is 4.74 Å². The lowest BCUT2D eigenvalue weighted by atomic mass is 10.1. The fraction of sp³-hybridized carbons (Fsp3) is 0.300. The van der Waals surface area contributed by atoms with E-state index in [0.717, 1.165) is 5.69 Å². The van der Waals surface area contributed by atoms with Crippen LogP contribution >= 0.6 is 0 Å². The van der Waals surface area contributed by atoms with Crippen molar-refractivity contribution in [1.82, 2.24) is 19.6 Å². The lowest BCUT2D eigenvalue weighted by Gasteiger charge is -2.15. The van der Waals surface area contributed by atoms with E-state index in [9.17, 15) is 14.4 Å². The summed E-state index contributed by atoms with van der Waals surface area (Å²) < 4.78 is 6.83. The Kier molecular flexibility index (Phi) is 5.67. The summed E-state index contributed by atoms with van der Waals surface area (Å²) in [6, 6.07) is 6.48. The molecule has 29 heavy (non-hydrogen) atoms. The molecule has 0 aliphatic carbocycles. The average Bonchev–Trinajstić information content (AvgIpc) is 3.14. The van der Waals surface area contributed by atoms with Crippen LogP contribution in [-0.4, -0.2) is 43.3 Å². The molecule has 1 N–H and O–H groups in total. The summed E-state index contributed by atoms with van der Waals surface area (Å²) in [7, 11) is 0. The van der Waals surface area contributed by atoms with E-state index in [0.29, 0.717) is 28.3 Å². The highest BCUT2D eigenvalue weighted by atomic mass is 16.5. The molecule has 0 fully saturated rings. The van der Waals surface area contributed by atoms with E-state index < -0.39 is 18.0 Å². The molecule has 0 unspecified atom stereocenters. The summed E-state index contributed by atoms with van der Waals surface area (Å²) in [6.07, 6.45) is 0.371. The van der Waals surface area contributed by atoms with E-state index >= 15 is 0 Å². The molecule has 0 saturated heterocycles. The molecular formula is C20H21N5O4. The Morgan fingerprint density at radius 2 is 1.86 bits per heavy atom. The van der Waals surface area contributed by atoms with E-state index in [1.807, 2.05) is 6.92 Å². The first kappa shape index (κ1) is 20.1. The molecule has 9 nitrogen and oxygen atoms in total. The number of rotatable bonds is 6. The number of nitrogens with one attached hydrogen (secondary N) is 1. The van der Waals surface area contributed by atoms with Crippen LogP contribution < -0.4 is 5.32 Å². The van der Waals surface area contributed by atoms with Gasteiger partial charge in [0.1, 0.15) is 6.33 Å². The van der Waals surface area contributed by atoms with E-state index in [1.54, 1.807) is 35.7 Å². The first-order valence-corrected chi connectivity index (χ1v) is 9.03. The number of hydrogen-bond donors (Lipinski definition) is 1. The van der Waals surface area contributed by atoms with Gasteiger partial charge in [-0.15, -0.1) is 0 Å². The Balaban J connectivity index is 1.63. The van der Waals surface area contributed by atoms with Crippen molar-refractivity contribution in [3.05, 3.63) is 53.1 Å². The minimum Gasteiger partial charge on any atom is -0.452 e. The highest BCUT2D eigenvalue weighted by Crippen LogP contribution is 2.15. The van der Waals surface area contributed by atoms with Gasteiger partial charge < -0.3 is 10.1 Å². The van der Waals surface area contributed by atoms with Crippen LogP contribution in [0.1, 0.15) is 41.2 Å². The van der Waals surface area contributed by atoms with E-state index in [1.165, 1.54) is 20.2 Å². The Hall–Kier alpha value is -3.62. The van der Waals surface area contributed by atoms with Crippen LogP contribution in [-0.2, 0) is 20.7 Å². The highest BCUT2D eigenvalue weighted by Gasteiger charge is 2.21. The van der Waals surface area contributed by atoms with Crippen molar-refractivity contribution in [2.45, 2.75) is 40.2 Å². The Labute approximate surface area is 167 Å².